The van der Waals surface area contributed by atoms with E-state index in [0.29, 0.717) is 5.56 Å². The topological polar surface area (TPSA) is 78.0 Å². The lowest BCUT2D eigenvalue weighted by molar-refractivity contribution is -0.384. The molecule has 3 aromatic rings. The number of halogens is 1. The van der Waals surface area contributed by atoms with E-state index in [1.807, 2.05) is 24.4 Å². The van der Waals surface area contributed by atoms with Crippen molar-refractivity contribution >= 4 is 35.0 Å². The second-order valence-corrected chi connectivity index (χ2v) is 9.07. The van der Waals surface area contributed by atoms with E-state index in [1.165, 1.54) is 16.8 Å². The first-order valence-electron chi connectivity index (χ1n) is 9.27. The molecule has 1 aromatic heterocycles. The van der Waals surface area contributed by atoms with E-state index in [9.17, 15) is 14.9 Å². The van der Waals surface area contributed by atoms with Crippen LogP contribution in [0.4, 0.5) is 5.69 Å². The number of hydrogen-bond donors (Lipinski definition) is 0. The maximum absolute atomic E-state index is 12.7. The SMILES string of the molecule is O=C(c1ccccc1)n1cc2c(n1)[C@H]1C[C@@H]2[C@@H](Cl)[C@@H]1Sc1ccc([N+](=O)[O-])cc1. The number of carbonyl (C=O) groups is 1. The third-order valence-corrected chi connectivity index (χ3v) is 7.84. The van der Waals surface area contributed by atoms with Crippen molar-refractivity contribution in [3.63, 3.8) is 0 Å². The summed E-state index contributed by atoms with van der Waals surface area (Å²) in [4.78, 5) is 24.1. The van der Waals surface area contributed by atoms with Gasteiger partial charge in [-0.1, -0.05) is 18.2 Å². The maximum Gasteiger partial charge on any atom is 0.278 e. The molecule has 4 atom stereocenters. The van der Waals surface area contributed by atoms with Crippen LogP contribution in [-0.2, 0) is 0 Å². The van der Waals surface area contributed by atoms with Crippen LogP contribution in [0.5, 0.6) is 0 Å². The highest BCUT2D eigenvalue weighted by Crippen LogP contribution is 2.59. The lowest BCUT2D eigenvalue weighted by Crippen LogP contribution is -2.24. The van der Waals surface area contributed by atoms with Crippen LogP contribution in [0.3, 0.4) is 0 Å². The molecule has 0 aliphatic heterocycles. The number of benzene rings is 2. The molecule has 146 valence electrons. The zero-order valence-corrected chi connectivity index (χ0v) is 16.7. The minimum absolute atomic E-state index is 0.0721. The predicted molar refractivity (Wildman–Crippen MR) is 111 cm³/mol. The van der Waals surface area contributed by atoms with Gasteiger partial charge in [0.15, 0.2) is 0 Å². The first kappa shape index (κ1) is 18.4. The Morgan fingerprint density at radius 1 is 1.14 bits per heavy atom. The van der Waals surface area contributed by atoms with Gasteiger partial charge in [0.25, 0.3) is 11.6 Å². The summed E-state index contributed by atoms with van der Waals surface area (Å²) in [6.45, 7) is 0. The average molecular weight is 426 g/mol. The first-order chi connectivity index (χ1) is 14.0. The van der Waals surface area contributed by atoms with E-state index in [2.05, 4.69) is 5.10 Å². The van der Waals surface area contributed by atoms with Gasteiger partial charge in [-0.05, 0) is 36.2 Å². The minimum Gasteiger partial charge on any atom is -0.267 e. The average Bonchev–Trinajstić information content (AvgIpc) is 3.40. The standard InChI is InChI=1S/C21H16ClN3O3S/c22-18-15-10-16(20(18)29-14-8-6-13(7-9-14)25(27)28)19-17(15)11-24(23-19)21(26)12-4-2-1-3-5-12/h1-9,11,15-16,18,20H,10H2/t15-,16+,18+,20+/m0/s1. The first-order valence-corrected chi connectivity index (χ1v) is 10.6. The summed E-state index contributed by atoms with van der Waals surface area (Å²) >= 11 is 8.42. The number of nitro benzene ring substituents is 1. The molecule has 2 bridgehead atoms. The Balaban J connectivity index is 1.40. The van der Waals surface area contributed by atoms with Gasteiger partial charge in [0.2, 0.25) is 0 Å². The summed E-state index contributed by atoms with van der Waals surface area (Å²) in [6, 6.07) is 15.6. The summed E-state index contributed by atoms with van der Waals surface area (Å²) in [7, 11) is 0. The largest absolute Gasteiger partial charge is 0.278 e. The Labute approximate surface area is 176 Å². The monoisotopic (exact) mass is 425 g/mol. The summed E-state index contributed by atoms with van der Waals surface area (Å²) in [6.07, 6.45) is 2.76. The van der Waals surface area contributed by atoms with Crippen molar-refractivity contribution in [2.24, 2.45) is 0 Å². The van der Waals surface area contributed by atoms with Crippen LogP contribution in [0.2, 0.25) is 0 Å². The van der Waals surface area contributed by atoms with E-state index in [-0.39, 0.29) is 34.1 Å². The molecule has 1 saturated carbocycles. The van der Waals surface area contributed by atoms with Crippen molar-refractivity contribution < 1.29 is 9.72 Å². The highest BCUT2D eigenvalue weighted by atomic mass is 35.5. The van der Waals surface area contributed by atoms with E-state index in [4.69, 9.17) is 11.6 Å². The number of carbonyl (C=O) groups excluding carboxylic acids is 1. The highest BCUT2D eigenvalue weighted by Gasteiger charge is 2.52. The summed E-state index contributed by atoms with van der Waals surface area (Å²) in [5, 5.41) is 15.5. The molecule has 2 aromatic carbocycles. The molecule has 0 unspecified atom stereocenters. The van der Waals surface area contributed by atoms with Crippen LogP contribution >= 0.6 is 23.4 Å². The molecule has 2 aliphatic carbocycles. The zero-order chi connectivity index (χ0) is 20.1. The fourth-order valence-electron chi connectivity index (χ4n) is 4.30. The van der Waals surface area contributed by atoms with Crippen LogP contribution in [-0.4, -0.2) is 31.2 Å². The molecule has 5 rings (SSSR count). The van der Waals surface area contributed by atoms with E-state index in [0.717, 1.165) is 22.6 Å². The number of aromatic nitrogens is 2. The highest BCUT2D eigenvalue weighted by molar-refractivity contribution is 8.00. The molecule has 0 saturated heterocycles. The third kappa shape index (κ3) is 3.05. The number of nitrogens with zero attached hydrogens (tertiary/aromatic N) is 3. The maximum atomic E-state index is 12.7. The second-order valence-electron chi connectivity index (χ2n) is 7.31. The van der Waals surface area contributed by atoms with E-state index < -0.39 is 4.92 Å². The molecule has 0 amide bonds. The van der Waals surface area contributed by atoms with Crippen LogP contribution in [0.15, 0.2) is 65.7 Å². The fraction of sp³-hybridized carbons (Fsp3) is 0.238. The van der Waals surface area contributed by atoms with Gasteiger partial charge in [-0.2, -0.15) is 5.10 Å². The Morgan fingerprint density at radius 2 is 1.86 bits per heavy atom. The summed E-state index contributed by atoms with van der Waals surface area (Å²) in [5.41, 5.74) is 2.70. The quantitative estimate of drug-likeness (QED) is 0.340. The normalized spacial score (nSPS) is 24.4. The van der Waals surface area contributed by atoms with Crippen molar-refractivity contribution in [3.05, 3.63) is 87.7 Å². The summed E-state index contributed by atoms with van der Waals surface area (Å²) in [5.74, 6) is 0.192. The van der Waals surface area contributed by atoms with Crippen molar-refractivity contribution in [1.29, 1.82) is 0 Å². The molecule has 1 fully saturated rings. The number of alkyl halides is 1. The number of hydrogen-bond acceptors (Lipinski definition) is 5. The number of thioether (sulfide) groups is 1. The Morgan fingerprint density at radius 3 is 2.55 bits per heavy atom. The molecule has 6 nitrogen and oxygen atoms in total. The van der Waals surface area contributed by atoms with E-state index >= 15 is 0 Å². The van der Waals surface area contributed by atoms with Crippen molar-refractivity contribution in [1.82, 2.24) is 9.78 Å². The fourth-order valence-corrected chi connectivity index (χ4v) is 6.20. The van der Waals surface area contributed by atoms with Gasteiger partial charge in [0, 0.05) is 45.9 Å². The lowest BCUT2D eigenvalue weighted by Gasteiger charge is -2.25. The Bertz CT molecular complexity index is 1100. The lowest BCUT2D eigenvalue weighted by atomic mass is 9.97. The van der Waals surface area contributed by atoms with Crippen molar-refractivity contribution in [3.8, 4) is 0 Å². The predicted octanol–water partition coefficient (Wildman–Crippen LogP) is 4.83. The Hall–Kier alpha value is -2.64. The molecule has 2 aliphatic rings. The van der Waals surface area contributed by atoms with Gasteiger partial charge in [-0.25, -0.2) is 4.68 Å². The molecule has 0 N–H and O–H groups in total. The molecule has 8 heteroatoms. The minimum atomic E-state index is -0.404. The van der Waals surface area contributed by atoms with Crippen LogP contribution < -0.4 is 0 Å². The van der Waals surface area contributed by atoms with Crippen molar-refractivity contribution in [2.75, 3.05) is 0 Å². The molecule has 0 spiro atoms. The molecule has 0 radical (unpaired) electrons. The van der Waals surface area contributed by atoms with Gasteiger partial charge in [0.05, 0.1) is 16.0 Å². The number of non-ortho nitro benzene ring substituents is 1. The molecule has 29 heavy (non-hydrogen) atoms. The zero-order valence-electron chi connectivity index (χ0n) is 15.1. The molecular formula is C21H16ClN3O3S. The number of nitro groups is 1. The smallest absolute Gasteiger partial charge is 0.267 e. The van der Waals surface area contributed by atoms with Crippen LogP contribution in [0, 0.1) is 10.1 Å². The molecule has 1 heterocycles. The Kier molecular flexibility index (Phi) is 4.44. The van der Waals surface area contributed by atoms with Crippen LogP contribution in [0.1, 0.15) is 39.9 Å². The third-order valence-electron chi connectivity index (χ3n) is 5.67. The molecular weight excluding hydrogens is 410 g/mol. The second kappa shape index (κ2) is 7.00. The van der Waals surface area contributed by atoms with Crippen molar-refractivity contribution in [2.45, 2.75) is 33.8 Å². The van der Waals surface area contributed by atoms with Crippen LogP contribution in [0.25, 0.3) is 0 Å². The van der Waals surface area contributed by atoms with Gasteiger partial charge < -0.3 is 0 Å². The van der Waals surface area contributed by atoms with E-state index in [1.54, 1.807) is 36.0 Å². The van der Waals surface area contributed by atoms with Gasteiger partial charge >= 0.3 is 0 Å². The number of fused-ring (bicyclic) bond motifs is 5. The van der Waals surface area contributed by atoms with Gasteiger partial charge in [0.1, 0.15) is 0 Å². The van der Waals surface area contributed by atoms with Gasteiger partial charge in [-0.15, -0.1) is 23.4 Å². The number of rotatable bonds is 4. The summed E-state index contributed by atoms with van der Waals surface area (Å²) < 4.78 is 1.43. The van der Waals surface area contributed by atoms with Gasteiger partial charge in [-0.3, -0.25) is 14.9 Å².